The van der Waals surface area contributed by atoms with Crippen molar-refractivity contribution < 1.29 is 9.59 Å². The fourth-order valence-corrected chi connectivity index (χ4v) is 1.67. The van der Waals surface area contributed by atoms with E-state index >= 15 is 0 Å². The van der Waals surface area contributed by atoms with Crippen LogP contribution in [0.25, 0.3) is 0 Å². The lowest BCUT2D eigenvalue weighted by atomic mass is 10.1. The molecule has 1 fully saturated rings. The Hall–Kier alpha value is -2.23. The van der Waals surface area contributed by atoms with Gasteiger partial charge in [-0.2, -0.15) is 5.26 Å². The Morgan fingerprint density at radius 3 is 2.76 bits per heavy atom. The second-order valence-corrected chi connectivity index (χ2v) is 3.80. The van der Waals surface area contributed by atoms with Crippen LogP contribution in [0.4, 0.5) is 0 Å². The lowest BCUT2D eigenvalue weighted by Crippen LogP contribution is -2.40. The van der Waals surface area contributed by atoms with E-state index in [1.165, 1.54) is 11.0 Å². The summed E-state index contributed by atoms with van der Waals surface area (Å²) in [6.07, 6.45) is 2.20. The van der Waals surface area contributed by atoms with Gasteiger partial charge in [-0.15, -0.1) is 5.10 Å². The SMILES string of the molecule is N#Cc1ncn(CC(=O)N2CCC(=O)CC2)n1. The van der Waals surface area contributed by atoms with Gasteiger partial charge in [0.15, 0.2) is 0 Å². The molecule has 88 valence electrons. The minimum absolute atomic E-state index is 0.0478. The molecule has 0 aromatic carbocycles. The molecular formula is C10H11N5O2. The van der Waals surface area contributed by atoms with Crippen molar-refractivity contribution in [3.63, 3.8) is 0 Å². The summed E-state index contributed by atoms with van der Waals surface area (Å²) in [5, 5.41) is 12.4. The Kier molecular flexibility index (Phi) is 3.14. The third-order valence-corrected chi connectivity index (χ3v) is 2.61. The highest BCUT2D eigenvalue weighted by atomic mass is 16.2. The first-order valence-corrected chi connectivity index (χ1v) is 5.28. The normalized spacial score (nSPS) is 15.7. The molecule has 17 heavy (non-hydrogen) atoms. The molecule has 1 aromatic rings. The molecule has 1 aromatic heterocycles. The maximum Gasteiger partial charge on any atom is 0.252 e. The summed E-state index contributed by atoms with van der Waals surface area (Å²) >= 11 is 0. The Balaban J connectivity index is 1.93. The third-order valence-electron chi connectivity index (χ3n) is 2.61. The number of amides is 1. The van der Waals surface area contributed by atoms with Crippen LogP contribution in [-0.2, 0) is 16.1 Å². The number of hydrogen-bond acceptors (Lipinski definition) is 5. The van der Waals surface area contributed by atoms with E-state index in [1.54, 1.807) is 11.0 Å². The number of carbonyl (C=O) groups excluding carboxylic acids is 2. The zero-order chi connectivity index (χ0) is 12.3. The van der Waals surface area contributed by atoms with Gasteiger partial charge < -0.3 is 4.90 Å². The highest BCUT2D eigenvalue weighted by Gasteiger charge is 2.21. The average Bonchev–Trinajstić information content (AvgIpc) is 2.77. The average molecular weight is 233 g/mol. The number of nitriles is 1. The van der Waals surface area contributed by atoms with Gasteiger partial charge in [-0.3, -0.25) is 9.59 Å². The first-order valence-electron chi connectivity index (χ1n) is 5.28. The topological polar surface area (TPSA) is 91.9 Å². The number of carbonyl (C=O) groups is 2. The van der Waals surface area contributed by atoms with Crippen LogP contribution in [0.2, 0.25) is 0 Å². The molecule has 0 atom stereocenters. The molecule has 0 aliphatic carbocycles. The minimum atomic E-state index is -0.105. The Morgan fingerprint density at radius 1 is 1.47 bits per heavy atom. The van der Waals surface area contributed by atoms with Gasteiger partial charge in [-0.1, -0.05) is 0 Å². The number of likely N-dealkylation sites (tertiary alicyclic amines) is 1. The molecular weight excluding hydrogens is 222 g/mol. The van der Waals surface area contributed by atoms with Gasteiger partial charge >= 0.3 is 0 Å². The molecule has 0 radical (unpaired) electrons. The summed E-state index contributed by atoms with van der Waals surface area (Å²) < 4.78 is 1.33. The van der Waals surface area contributed by atoms with Crippen LogP contribution < -0.4 is 0 Å². The summed E-state index contributed by atoms with van der Waals surface area (Å²) in [7, 11) is 0. The lowest BCUT2D eigenvalue weighted by molar-refractivity contribution is -0.135. The van der Waals surface area contributed by atoms with Crippen LogP contribution in [0.5, 0.6) is 0 Å². The first-order chi connectivity index (χ1) is 8.19. The predicted molar refractivity (Wildman–Crippen MR) is 55.6 cm³/mol. The molecule has 7 heteroatoms. The molecule has 0 spiro atoms. The zero-order valence-corrected chi connectivity index (χ0v) is 9.17. The standard InChI is InChI=1S/C10H11N5O2/c11-5-9-12-7-15(13-9)6-10(17)14-3-1-8(16)2-4-14/h7H,1-4,6H2. The maximum atomic E-state index is 11.8. The van der Waals surface area contributed by atoms with Gasteiger partial charge in [0.05, 0.1) is 0 Å². The molecule has 1 aliphatic heterocycles. The van der Waals surface area contributed by atoms with Crippen LogP contribution in [0.3, 0.4) is 0 Å². The smallest absolute Gasteiger partial charge is 0.252 e. The van der Waals surface area contributed by atoms with E-state index in [4.69, 9.17) is 5.26 Å². The van der Waals surface area contributed by atoms with E-state index in [0.717, 1.165) is 0 Å². The molecule has 1 amide bonds. The summed E-state index contributed by atoms with van der Waals surface area (Å²) in [5.74, 6) is 0.139. The van der Waals surface area contributed by atoms with Crippen molar-refractivity contribution in [2.24, 2.45) is 0 Å². The maximum absolute atomic E-state index is 11.8. The van der Waals surface area contributed by atoms with E-state index in [1.807, 2.05) is 0 Å². The van der Waals surface area contributed by atoms with Crippen LogP contribution in [-0.4, -0.2) is 44.4 Å². The number of nitrogens with zero attached hydrogens (tertiary/aromatic N) is 5. The zero-order valence-electron chi connectivity index (χ0n) is 9.17. The second-order valence-electron chi connectivity index (χ2n) is 3.80. The number of hydrogen-bond donors (Lipinski definition) is 0. The number of rotatable bonds is 2. The molecule has 1 aliphatic rings. The molecule has 0 N–H and O–H groups in total. The van der Waals surface area contributed by atoms with Crippen molar-refractivity contribution in [3.05, 3.63) is 12.2 Å². The monoisotopic (exact) mass is 233 g/mol. The van der Waals surface area contributed by atoms with Crippen molar-refractivity contribution in [1.82, 2.24) is 19.7 Å². The van der Waals surface area contributed by atoms with E-state index in [9.17, 15) is 9.59 Å². The molecule has 1 saturated heterocycles. The van der Waals surface area contributed by atoms with Crippen LogP contribution in [0.1, 0.15) is 18.7 Å². The number of piperidine rings is 1. The Morgan fingerprint density at radius 2 is 2.18 bits per heavy atom. The quantitative estimate of drug-likeness (QED) is 0.676. The van der Waals surface area contributed by atoms with Crippen molar-refractivity contribution in [3.8, 4) is 6.07 Å². The summed E-state index contributed by atoms with van der Waals surface area (Å²) in [6.45, 7) is 0.998. The first kappa shape index (κ1) is 11.3. The molecule has 2 rings (SSSR count). The minimum Gasteiger partial charge on any atom is -0.340 e. The summed E-state index contributed by atoms with van der Waals surface area (Å²) in [4.78, 5) is 28.2. The van der Waals surface area contributed by atoms with Gasteiger partial charge in [-0.05, 0) is 0 Å². The van der Waals surface area contributed by atoms with Crippen molar-refractivity contribution in [2.45, 2.75) is 19.4 Å². The molecule has 2 heterocycles. The fraction of sp³-hybridized carbons (Fsp3) is 0.500. The summed E-state index contributed by atoms with van der Waals surface area (Å²) in [6, 6.07) is 1.79. The van der Waals surface area contributed by atoms with Gasteiger partial charge in [0.1, 0.15) is 24.7 Å². The van der Waals surface area contributed by atoms with Gasteiger partial charge in [0, 0.05) is 25.9 Å². The second kappa shape index (κ2) is 4.74. The largest absolute Gasteiger partial charge is 0.340 e. The molecule has 0 bridgehead atoms. The predicted octanol–water partition coefficient (Wildman–Crippen LogP) is -0.659. The van der Waals surface area contributed by atoms with E-state index in [0.29, 0.717) is 25.9 Å². The van der Waals surface area contributed by atoms with Crippen LogP contribution >= 0.6 is 0 Å². The van der Waals surface area contributed by atoms with Crippen LogP contribution in [0.15, 0.2) is 6.33 Å². The Labute approximate surface area is 97.6 Å². The molecule has 7 nitrogen and oxygen atoms in total. The van der Waals surface area contributed by atoms with Gasteiger partial charge in [0.2, 0.25) is 5.91 Å². The number of Topliss-reactive ketones (excluding diaryl/α,β-unsaturated/α-hetero) is 1. The van der Waals surface area contributed by atoms with Gasteiger partial charge in [-0.25, -0.2) is 9.67 Å². The highest BCUT2D eigenvalue weighted by molar-refractivity contribution is 5.83. The lowest BCUT2D eigenvalue weighted by Gasteiger charge is -2.25. The number of aromatic nitrogens is 3. The van der Waals surface area contributed by atoms with E-state index in [-0.39, 0.29) is 24.1 Å². The summed E-state index contributed by atoms with van der Waals surface area (Å²) in [5.41, 5.74) is 0. The van der Waals surface area contributed by atoms with Crippen LogP contribution in [0, 0.1) is 11.3 Å². The molecule has 0 saturated carbocycles. The van der Waals surface area contributed by atoms with Crippen molar-refractivity contribution in [1.29, 1.82) is 5.26 Å². The van der Waals surface area contributed by atoms with Crippen molar-refractivity contribution >= 4 is 11.7 Å². The third kappa shape index (κ3) is 2.66. The van der Waals surface area contributed by atoms with Gasteiger partial charge in [0.25, 0.3) is 5.82 Å². The van der Waals surface area contributed by atoms with E-state index < -0.39 is 0 Å². The fourth-order valence-electron chi connectivity index (χ4n) is 1.67. The number of ketones is 1. The molecule has 0 unspecified atom stereocenters. The Bertz CT molecular complexity index is 477. The van der Waals surface area contributed by atoms with E-state index in [2.05, 4.69) is 10.1 Å². The van der Waals surface area contributed by atoms with Crippen molar-refractivity contribution in [2.75, 3.05) is 13.1 Å². The highest BCUT2D eigenvalue weighted by Crippen LogP contribution is 2.06.